The molecule has 2 aliphatic rings. The third-order valence-electron chi connectivity index (χ3n) is 4.20. The number of rotatable bonds is 2. The molecule has 2 aliphatic heterocycles. The van der Waals surface area contributed by atoms with Gasteiger partial charge in [-0.05, 0) is 18.4 Å². The summed E-state index contributed by atoms with van der Waals surface area (Å²) in [5.41, 5.74) is 0.279. The third-order valence-corrected chi connectivity index (χ3v) is 4.20. The smallest absolute Gasteiger partial charge is 0.346 e. The minimum Gasteiger partial charge on any atom is -0.346 e. The molecule has 1 N–H and O–H groups in total. The van der Waals surface area contributed by atoms with Gasteiger partial charge in [0.1, 0.15) is 0 Å². The van der Waals surface area contributed by atoms with Gasteiger partial charge in [0.25, 0.3) is 0 Å². The average molecular weight is 296 g/mol. The van der Waals surface area contributed by atoms with Crippen molar-refractivity contribution in [1.82, 2.24) is 10.2 Å². The van der Waals surface area contributed by atoms with E-state index in [0.29, 0.717) is 25.9 Å². The number of likely N-dealkylation sites (tertiary alicyclic amines) is 1. The molecule has 21 heavy (non-hydrogen) atoms. The van der Waals surface area contributed by atoms with Crippen molar-refractivity contribution in [3.05, 3.63) is 35.9 Å². The van der Waals surface area contributed by atoms with Crippen LogP contribution in [-0.2, 0) is 16.1 Å². The van der Waals surface area contributed by atoms with Crippen molar-refractivity contribution in [2.45, 2.75) is 31.1 Å². The van der Waals surface area contributed by atoms with Crippen LogP contribution in [0.25, 0.3) is 0 Å². The van der Waals surface area contributed by atoms with Crippen LogP contribution >= 0.6 is 0 Å². The van der Waals surface area contributed by atoms with Crippen LogP contribution in [0.15, 0.2) is 30.3 Å². The van der Waals surface area contributed by atoms with Gasteiger partial charge in [-0.1, -0.05) is 30.3 Å². The molecule has 0 unspecified atom stereocenters. The molecule has 1 aromatic rings. The van der Waals surface area contributed by atoms with Crippen LogP contribution in [0.2, 0.25) is 0 Å². The highest BCUT2D eigenvalue weighted by atomic mass is 19.3. The van der Waals surface area contributed by atoms with Crippen molar-refractivity contribution in [2.75, 3.05) is 19.6 Å². The van der Waals surface area contributed by atoms with E-state index in [2.05, 4.69) is 22.3 Å². The van der Waals surface area contributed by atoms with Gasteiger partial charge >= 0.3 is 12.0 Å². The zero-order valence-electron chi connectivity index (χ0n) is 11.6. The summed E-state index contributed by atoms with van der Waals surface area (Å²) in [5, 5.41) is 2.26. The first-order valence-corrected chi connectivity index (χ1v) is 7.12. The first-order chi connectivity index (χ1) is 9.99. The average Bonchev–Trinajstić information content (AvgIpc) is 2.47. The number of hydrogen-bond acceptors (Lipinski definition) is 3. The number of morpholine rings is 1. The summed E-state index contributed by atoms with van der Waals surface area (Å²) in [5.74, 6) is -1.33. The Kier molecular flexibility index (Phi) is 3.67. The summed E-state index contributed by atoms with van der Waals surface area (Å²) in [4.78, 5) is 13.3. The van der Waals surface area contributed by atoms with Crippen LogP contribution in [0.3, 0.4) is 0 Å². The Morgan fingerprint density at radius 1 is 1.19 bits per heavy atom. The maximum atomic E-state index is 13.4. The number of nitrogens with zero attached hydrogens (tertiary/aromatic N) is 1. The standard InChI is InChI=1S/C15H18F2N2O2/c16-15(17)13(20)18-11-14(21-15)6-8-19(9-7-14)10-12-4-2-1-3-5-12/h1-5H,6-11H2,(H,18,20). The van der Waals surface area contributed by atoms with Crippen LogP contribution in [0.4, 0.5) is 8.78 Å². The molecule has 0 bridgehead atoms. The van der Waals surface area contributed by atoms with E-state index in [-0.39, 0.29) is 6.54 Å². The minimum absolute atomic E-state index is 0.167. The SMILES string of the molecule is O=C1NCC2(CCN(Cc3ccccc3)CC2)OC1(F)F. The summed E-state index contributed by atoms with van der Waals surface area (Å²) in [7, 11) is 0. The molecule has 2 saturated heterocycles. The van der Waals surface area contributed by atoms with E-state index in [1.54, 1.807) is 0 Å². The number of carbonyl (C=O) groups is 1. The lowest BCUT2D eigenvalue weighted by Crippen LogP contribution is -2.63. The Hall–Kier alpha value is -1.53. The maximum Gasteiger partial charge on any atom is 0.437 e. The number of amides is 1. The molecule has 114 valence electrons. The first-order valence-electron chi connectivity index (χ1n) is 7.12. The number of hydrogen-bond donors (Lipinski definition) is 1. The molecule has 2 heterocycles. The van der Waals surface area contributed by atoms with E-state index < -0.39 is 17.6 Å². The van der Waals surface area contributed by atoms with Crippen LogP contribution in [-0.4, -0.2) is 42.2 Å². The van der Waals surface area contributed by atoms with E-state index in [0.717, 1.165) is 6.54 Å². The Balaban J connectivity index is 1.59. The highest BCUT2D eigenvalue weighted by molar-refractivity contribution is 5.82. The molecule has 0 radical (unpaired) electrons. The second kappa shape index (κ2) is 5.35. The van der Waals surface area contributed by atoms with E-state index in [1.165, 1.54) is 5.56 Å². The normalized spacial score (nSPS) is 24.8. The van der Waals surface area contributed by atoms with Gasteiger partial charge in [-0.3, -0.25) is 9.69 Å². The Morgan fingerprint density at radius 2 is 1.86 bits per heavy atom. The molecular formula is C15H18F2N2O2. The lowest BCUT2D eigenvalue weighted by molar-refractivity contribution is -0.298. The van der Waals surface area contributed by atoms with E-state index in [1.807, 2.05) is 18.2 Å². The van der Waals surface area contributed by atoms with Gasteiger partial charge in [-0.15, -0.1) is 0 Å². The summed E-state index contributed by atoms with van der Waals surface area (Å²) < 4.78 is 31.7. The largest absolute Gasteiger partial charge is 0.437 e. The van der Waals surface area contributed by atoms with Crippen LogP contribution in [0, 0.1) is 0 Å². The summed E-state index contributed by atoms with van der Waals surface area (Å²) in [6.07, 6.45) is -2.72. The molecule has 3 rings (SSSR count). The fourth-order valence-corrected chi connectivity index (χ4v) is 2.94. The second-order valence-corrected chi connectivity index (χ2v) is 5.75. The lowest BCUT2D eigenvalue weighted by atomic mass is 9.89. The van der Waals surface area contributed by atoms with Gasteiger partial charge in [0.05, 0.1) is 5.60 Å². The monoisotopic (exact) mass is 296 g/mol. The predicted molar refractivity (Wildman–Crippen MR) is 72.7 cm³/mol. The van der Waals surface area contributed by atoms with Crippen molar-refractivity contribution in [3.63, 3.8) is 0 Å². The number of piperidine rings is 1. The number of ether oxygens (including phenoxy) is 1. The molecule has 2 fully saturated rings. The Labute approximate surface area is 122 Å². The number of benzene rings is 1. The predicted octanol–water partition coefficient (Wildman–Crippen LogP) is 1.76. The maximum absolute atomic E-state index is 13.4. The Morgan fingerprint density at radius 3 is 2.48 bits per heavy atom. The van der Waals surface area contributed by atoms with Crippen molar-refractivity contribution >= 4 is 5.91 Å². The summed E-state index contributed by atoms with van der Waals surface area (Å²) in [6.45, 7) is 2.34. The quantitative estimate of drug-likeness (QED) is 0.904. The van der Waals surface area contributed by atoms with Gasteiger partial charge < -0.3 is 10.1 Å². The molecular weight excluding hydrogens is 278 g/mol. The second-order valence-electron chi connectivity index (χ2n) is 5.75. The molecule has 0 atom stereocenters. The van der Waals surface area contributed by atoms with Crippen molar-refractivity contribution in [3.8, 4) is 0 Å². The molecule has 4 nitrogen and oxygen atoms in total. The van der Waals surface area contributed by atoms with Crippen LogP contribution < -0.4 is 5.32 Å². The highest BCUT2D eigenvalue weighted by Gasteiger charge is 2.53. The first kappa shape index (κ1) is 14.4. The van der Waals surface area contributed by atoms with Crippen molar-refractivity contribution in [2.24, 2.45) is 0 Å². The highest BCUT2D eigenvalue weighted by Crippen LogP contribution is 2.35. The Bertz CT molecular complexity index is 514. The number of carbonyl (C=O) groups excluding carboxylic acids is 1. The molecule has 1 aromatic carbocycles. The summed E-state index contributed by atoms with van der Waals surface area (Å²) in [6, 6.07) is 10.0. The number of halogens is 2. The lowest BCUT2D eigenvalue weighted by Gasteiger charge is -2.45. The van der Waals surface area contributed by atoms with Crippen molar-refractivity contribution < 1.29 is 18.3 Å². The molecule has 0 saturated carbocycles. The van der Waals surface area contributed by atoms with E-state index in [9.17, 15) is 13.6 Å². The fraction of sp³-hybridized carbons (Fsp3) is 0.533. The van der Waals surface area contributed by atoms with Gasteiger partial charge in [-0.2, -0.15) is 8.78 Å². The van der Waals surface area contributed by atoms with Gasteiger partial charge in [0.2, 0.25) is 0 Å². The zero-order chi connectivity index (χ0) is 14.9. The van der Waals surface area contributed by atoms with E-state index in [4.69, 9.17) is 4.74 Å². The van der Waals surface area contributed by atoms with Gasteiger partial charge in [-0.25, -0.2) is 0 Å². The van der Waals surface area contributed by atoms with Gasteiger partial charge in [0.15, 0.2) is 0 Å². The third kappa shape index (κ3) is 3.06. The topological polar surface area (TPSA) is 41.6 Å². The van der Waals surface area contributed by atoms with Crippen molar-refractivity contribution in [1.29, 1.82) is 0 Å². The zero-order valence-corrected chi connectivity index (χ0v) is 11.6. The molecule has 0 aromatic heterocycles. The molecule has 0 aliphatic carbocycles. The number of alkyl halides is 2. The molecule has 6 heteroatoms. The molecule has 1 amide bonds. The minimum atomic E-state index is -3.71. The molecule has 1 spiro atoms. The van der Waals surface area contributed by atoms with Gasteiger partial charge in [0, 0.05) is 26.2 Å². The number of nitrogens with one attached hydrogen (secondary N) is 1. The summed E-state index contributed by atoms with van der Waals surface area (Å²) >= 11 is 0. The van der Waals surface area contributed by atoms with Crippen LogP contribution in [0.1, 0.15) is 18.4 Å². The fourth-order valence-electron chi connectivity index (χ4n) is 2.94. The van der Waals surface area contributed by atoms with E-state index >= 15 is 0 Å². The van der Waals surface area contributed by atoms with Crippen LogP contribution in [0.5, 0.6) is 0 Å².